The number of aryl methyl sites for hydroxylation is 1. The lowest BCUT2D eigenvalue weighted by Crippen LogP contribution is -2.29. The minimum Gasteiger partial charge on any atom is -0.486 e. The zero-order valence-corrected chi connectivity index (χ0v) is 15.1. The van der Waals surface area contributed by atoms with Gasteiger partial charge in [0.1, 0.15) is 13.2 Å². The summed E-state index contributed by atoms with van der Waals surface area (Å²) in [5.41, 5.74) is 2.33. The van der Waals surface area contributed by atoms with E-state index >= 15 is 0 Å². The Morgan fingerprint density at radius 2 is 2.08 bits per heavy atom. The van der Waals surface area contributed by atoms with Crippen LogP contribution in [0.1, 0.15) is 34.9 Å². The Morgan fingerprint density at radius 3 is 2.88 bits per heavy atom. The number of likely N-dealkylation sites (tertiary alicyclic amines) is 1. The predicted octanol–water partition coefficient (Wildman–Crippen LogP) is 4.20. The fourth-order valence-electron chi connectivity index (χ4n) is 3.44. The highest BCUT2D eigenvalue weighted by Crippen LogP contribution is 2.38. The van der Waals surface area contributed by atoms with Gasteiger partial charge >= 0.3 is 0 Å². The molecule has 3 heterocycles. The fourth-order valence-corrected chi connectivity index (χ4v) is 4.26. The summed E-state index contributed by atoms with van der Waals surface area (Å²) in [6, 6.07) is 8.21. The molecule has 4 nitrogen and oxygen atoms in total. The zero-order chi connectivity index (χ0) is 17.2. The van der Waals surface area contributed by atoms with Crippen LogP contribution in [0.4, 0.5) is 0 Å². The second-order valence-corrected chi connectivity index (χ2v) is 7.34. The van der Waals surface area contributed by atoms with E-state index in [2.05, 4.69) is 19.1 Å². The third kappa shape index (κ3) is 3.29. The number of benzene rings is 1. The first kappa shape index (κ1) is 16.2. The van der Waals surface area contributed by atoms with Crippen molar-refractivity contribution in [2.75, 3.05) is 19.8 Å². The lowest BCUT2D eigenvalue weighted by molar-refractivity contribution is -0.126. The van der Waals surface area contributed by atoms with Gasteiger partial charge in [0.05, 0.1) is 6.04 Å². The summed E-state index contributed by atoms with van der Waals surface area (Å²) in [5, 5.41) is 2.05. The minimum atomic E-state index is 0.0742. The van der Waals surface area contributed by atoms with Gasteiger partial charge in [-0.1, -0.05) is 6.07 Å². The maximum absolute atomic E-state index is 12.7. The first-order valence-corrected chi connectivity index (χ1v) is 9.52. The van der Waals surface area contributed by atoms with E-state index in [1.165, 1.54) is 5.56 Å². The van der Waals surface area contributed by atoms with Crippen molar-refractivity contribution in [3.8, 4) is 11.5 Å². The summed E-state index contributed by atoms with van der Waals surface area (Å²) in [4.78, 5) is 15.8. The maximum Gasteiger partial charge on any atom is 0.247 e. The second-order valence-electron chi connectivity index (χ2n) is 6.39. The normalized spacial score (nSPS) is 19.6. The molecule has 130 valence electrons. The molecule has 0 bridgehead atoms. The van der Waals surface area contributed by atoms with E-state index in [0.717, 1.165) is 41.3 Å². The van der Waals surface area contributed by atoms with Crippen molar-refractivity contribution in [3.63, 3.8) is 0 Å². The third-order valence-corrected chi connectivity index (χ3v) is 5.75. The van der Waals surface area contributed by atoms with Gasteiger partial charge in [-0.2, -0.15) is 0 Å². The molecule has 4 rings (SSSR count). The Labute approximate surface area is 151 Å². The van der Waals surface area contributed by atoms with Gasteiger partial charge in [-0.15, -0.1) is 11.3 Å². The van der Waals surface area contributed by atoms with E-state index in [0.29, 0.717) is 13.2 Å². The van der Waals surface area contributed by atoms with Gasteiger partial charge < -0.3 is 14.4 Å². The van der Waals surface area contributed by atoms with E-state index in [4.69, 9.17) is 9.47 Å². The summed E-state index contributed by atoms with van der Waals surface area (Å²) in [6.07, 6.45) is 5.64. The molecule has 1 saturated heterocycles. The molecule has 1 aromatic heterocycles. The number of carbonyl (C=O) groups excluding carboxylic acids is 1. The Hall–Kier alpha value is -2.27. The van der Waals surface area contributed by atoms with E-state index in [-0.39, 0.29) is 11.9 Å². The molecule has 1 amide bonds. The molecule has 0 saturated carbocycles. The highest BCUT2D eigenvalue weighted by atomic mass is 32.1. The van der Waals surface area contributed by atoms with Crippen molar-refractivity contribution in [1.29, 1.82) is 0 Å². The molecule has 1 fully saturated rings. The van der Waals surface area contributed by atoms with Gasteiger partial charge in [-0.25, -0.2) is 0 Å². The van der Waals surface area contributed by atoms with Crippen molar-refractivity contribution in [1.82, 2.24) is 4.90 Å². The molecule has 0 radical (unpaired) electrons. The number of rotatable bonds is 3. The van der Waals surface area contributed by atoms with Crippen LogP contribution >= 0.6 is 11.3 Å². The highest BCUT2D eigenvalue weighted by molar-refractivity contribution is 7.11. The smallest absolute Gasteiger partial charge is 0.247 e. The molecular weight excluding hydrogens is 334 g/mol. The van der Waals surface area contributed by atoms with Gasteiger partial charge in [0.25, 0.3) is 0 Å². The molecule has 1 unspecified atom stereocenters. The first-order valence-electron chi connectivity index (χ1n) is 8.65. The maximum atomic E-state index is 12.7. The molecule has 0 N–H and O–H groups in total. The number of hydrogen-bond donors (Lipinski definition) is 0. The molecule has 2 aliphatic heterocycles. The molecule has 2 aliphatic rings. The predicted molar refractivity (Wildman–Crippen MR) is 99.2 cm³/mol. The topological polar surface area (TPSA) is 38.8 Å². The van der Waals surface area contributed by atoms with Crippen molar-refractivity contribution < 1.29 is 14.3 Å². The van der Waals surface area contributed by atoms with Crippen LogP contribution in [-0.2, 0) is 4.79 Å². The van der Waals surface area contributed by atoms with Gasteiger partial charge in [-0.3, -0.25) is 4.79 Å². The molecule has 0 aliphatic carbocycles. The van der Waals surface area contributed by atoms with Crippen LogP contribution in [0.2, 0.25) is 0 Å². The summed E-state index contributed by atoms with van der Waals surface area (Å²) >= 11 is 1.66. The number of carbonyl (C=O) groups is 1. The Morgan fingerprint density at radius 1 is 1.24 bits per heavy atom. The van der Waals surface area contributed by atoms with Crippen LogP contribution in [0.15, 0.2) is 35.7 Å². The Kier molecular flexibility index (Phi) is 4.49. The number of amides is 1. The van der Waals surface area contributed by atoms with Gasteiger partial charge in [0.2, 0.25) is 5.91 Å². The summed E-state index contributed by atoms with van der Waals surface area (Å²) < 4.78 is 11.3. The molecule has 0 spiro atoms. The molecule has 1 atom stereocenters. The number of hydrogen-bond acceptors (Lipinski definition) is 4. The lowest BCUT2D eigenvalue weighted by Gasteiger charge is -2.26. The summed E-state index contributed by atoms with van der Waals surface area (Å²) in [7, 11) is 0. The number of thiophene rings is 1. The van der Waals surface area contributed by atoms with E-state index in [1.807, 2.05) is 28.5 Å². The minimum absolute atomic E-state index is 0.0742. The lowest BCUT2D eigenvalue weighted by atomic mass is 10.0. The molecule has 25 heavy (non-hydrogen) atoms. The summed E-state index contributed by atoms with van der Waals surface area (Å²) in [6.45, 7) is 4.03. The van der Waals surface area contributed by atoms with Crippen LogP contribution in [-0.4, -0.2) is 30.6 Å². The highest BCUT2D eigenvalue weighted by Gasteiger charge is 2.29. The van der Waals surface area contributed by atoms with E-state index in [1.54, 1.807) is 17.4 Å². The monoisotopic (exact) mass is 355 g/mol. The number of nitrogens with zero attached hydrogens (tertiary/aromatic N) is 1. The van der Waals surface area contributed by atoms with Gasteiger partial charge in [0.15, 0.2) is 11.5 Å². The van der Waals surface area contributed by atoms with E-state index < -0.39 is 0 Å². The van der Waals surface area contributed by atoms with E-state index in [9.17, 15) is 4.79 Å². The quantitative estimate of drug-likeness (QED) is 0.775. The number of ether oxygens (including phenoxy) is 2. The van der Waals surface area contributed by atoms with Gasteiger partial charge in [-0.05, 0) is 60.5 Å². The van der Waals surface area contributed by atoms with Crippen molar-refractivity contribution in [2.24, 2.45) is 0 Å². The molecule has 1 aromatic carbocycles. The SMILES string of the molecule is Cc1ccsc1C=CC(=O)N1CCCC1c1ccc2c(c1)OCCO2. The third-order valence-electron chi connectivity index (χ3n) is 4.77. The van der Waals surface area contributed by atoms with Crippen LogP contribution in [0, 0.1) is 6.92 Å². The van der Waals surface area contributed by atoms with Gasteiger partial charge in [0, 0.05) is 17.5 Å². The number of fused-ring (bicyclic) bond motifs is 1. The van der Waals surface area contributed by atoms with Crippen molar-refractivity contribution in [3.05, 3.63) is 51.7 Å². The van der Waals surface area contributed by atoms with Crippen molar-refractivity contribution in [2.45, 2.75) is 25.8 Å². The standard InChI is InChI=1S/C20H21NO3S/c1-14-8-12-25-19(14)6-7-20(22)21-9-2-3-16(21)15-4-5-17-18(13-15)24-11-10-23-17/h4-8,12-13,16H,2-3,9-11H2,1H3. The largest absolute Gasteiger partial charge is 0.486 e. The zero-order valence-electron chi connectivity index (χ0n) is 14.2. The fraction of sp³-hybridized carbons (Fsp3) is 0.350. The van der Waals surface area contributed by atoms with Crippen LogP contribution in [0.5, 0.6) is 11.5 Å². The molecule has 2 aromatic rings. The van der Waals surface area contributed by atoms with Crippen molar-refractivity contribution >= 4 is 23.3 Å². The molecule has 5 heteroatoms. The Balaban J connectivity index is 1.53. The second kappa shape index (κ2) is 6.92. The van der Waals surface area contributed by atoms with Crippen LogP contribution < -0.4 is 9.47 Å². The molecular formula is C20H21NO3S. The van der Waals surface area contributed by atoms with Crippen LogP contribution in [0.25, 0.3) is 6.08 Å². The Bertz CT molecular complexity index is 811. The summed E-state index contributed by atoms with van der Waals surface area (Å²) in [5.74, 6) is 1.65. The average molecular weight is 355 g/mol. The van der Waals surface area contributed by atoms with Crippen LogP contribution in [0.3, 0.4) is 0 Å². The first-order chi connectivity index (χ1) is 12.2. The average Bonchev–Trinajstić information content (AvgIpc) is 3.28.